The number of nitrogens with one attached hydrogen (secondary N) is 2. The van der Waals surface area contributed by atoms with Crippen molar-refractivity contribution in [1.82, 2.24) is 14.9 Å². The molecule has 0 bridgehead atoms. The van der Waals surface area contributed by atoms with Crippen molar-refractivity contribution in [2.45, 2.75) is 50.5 Å². The number of carbonyl (C=O) groups excluding carboxylic acids is 1. The van der Waals surface area contributed by atoms with Crippen molar-refractivity contribution in [3.63, 3.8) is 0 Å². The molecular weight excluding hydrogens is 606 g/mol. The van der Waals surface area contributed by atoms with Crippen molar-refractivity contribution >= 4 is 34.6 Å². The minimum absolute atomic E-state index is 0.116. The van der Waals surface area contributed by atoms with Crippen LogP contribution >= 0.6 is 0 Å². The van der Waals surface area contributed by atoms with Gasteiger partial charge >= 0.3 is 6.18 Å². The fraction of sp³-hybridized carbons (Fsp3) is 0.406. The molecule has 2 atom stereocenters. The Labute approximate surface area is 264 Å². The molecule has 0 radical (unpaired) electrons. The maximum Gasteiger partial charge on any atom is 0.416 e. The lowest BCUT2D eigenvalue weighted by atomic mass is 10.0. The van der Waals surface area contributed by atoms with E-state index in [9.17, 15) is 22.4 Å². The van der Waals surface area contributed by atoms with Gasteiger partial charge in [0.15, 0.2) is 5.82 Å². The largest absolute Gasteiger partial charge is 0.494 e. The molecule has 244 valence electrons. The Hall–Kier alpha value is -4.43. The molecule has 0 unspecified atom stereocenters. The van der Waals surface area contributed by atoms with Crippen LogP contribution < -0.4 is 25.3 Å². The molecule has 1 saturated carbocycles. The number of anilines is 5. The highest BCUT2D eigenvalue weighted by atomic mass is 19.4. The van der Waals surface area contributed by atoms with Gasteiger partial charge in [0.1, 0.15) is 23.7 Å². The number of hydrogen-bond acceptors (Lipinski definition) is 9. The van der Waals surface area contributed by atoms with Gasteiger partial charge < -0.3 is 20.3 Å². The third-order valence-corrected chi connectivity index (χ3v) is 8.47. The van der Waals surface area contributed by atoms with Crippen LogP contribution in [0.1, 0.15) is 43.4 Å². The van der Waals surface area contributed by atoms with E-state index in [2.05, 4.69) is 43.9 Å². The first kappa shape index (κ1) is 31.5. The van der Waals surface area contributed by atoms with Gasteiger partial charge in [0.2, 0.25) is 5.91 Å². The highest BCUT2D eigenvalue weighted by molar-refractivity contribution is 6.02. The minimum atomic E-state index is -4.70. The van der Waals surface area contributed by atoms with Crippen molar-refractivity contribution in [1.29, 1.82) is 0 Å². The number of hydrogen-bond donors (Lipinski definition) is 2. The maximum atomic E-state index is 14.2. The van der Waals surface area contributed by atoms with Crippen LogP contribution in [0.2, 0.25) is 0 Å². The van der Waals surface area contributed by atoms with Crippen molar-refractivity contribution in [3.8, 4) is 5.75 Å². The van der Waals surface area contributed by atoms with Crippen LogP contribution in [0.25, 0.3) is 0 Å². The Morgan fingerprint density at radius 3 is 2.59 bits per heavy atom. The van der Waals surface area contributed by atoms with Crippen molar-refractivity contribution in [2.24, 2.45) is 0 Å². The van der Waals surface area contributed by atoms with E-state index in [0.717, 1.165) is 37.5 Å². The maximum absolute atomic E-state index is 14.2. The summed E-state index contributed by atoms with van der Waals surface area (Å²) in [7, 11) is 1.54. The number of hydroxylamine groups is 1. The van der Waals surface area contributed by atoms with Crippen LogP contribution in [-0.2, 0) is 15.8 Å². The zero-order chi connectivity index (χ0) is 32.6. The number of carbonyl (C=O) groups is 1. The first-order valence-electron chi connectivity index (χ1n) is 15.1. The van der Waals surface area contributed by atoms with Gasteiger partial charge in [-0.1, -0.05) is 6.58 Å². The summed E-state index contributed by atoms with van der Waals surface area (Å²) in [6.07, 6.45) is 0.577. The van der Waals surface area contributed by atoms with Gasteiger partial charge in [-0.15, -0.1) is 0 Å². The average Bonchev–Trinajstić information content (AvgIpc) is 3.75. The lowest BCUT2D eigenvalue weighted by Crippen LogP contribution is -2.52. The molecule has 3 aliphatic rings. The number of piperazine rings is 1. The predicted molar refractivity (Wildman–Crippen MR) is 166 cm³/mol. The molecule has 10 nitrogen and oxygen atoms in total. The van der Waals surface area contributed by atoms with Crippen LogP contribution in [0.5, 0.6) is 5.75 Å². The highest BCUT2D eigenvalue weighted by Crippen LogP contribution is 2.42. The molecule has 0 spiro atoms. The Morgan fingerprint density at radius 2 is 1.89 bits per heavy atom. The number of rotatable bonds is 9. The van der Waals surface area contributed by atoms with E-state index in [1.165, 1.54) is 30.3 Å². The summed E-state index contributed by atoms with van der Waals surface area (Å²) in [4.78, 5) is 31.5. The number of amides is 1. The number of aromatic nitrogens is 2. The fourth-order valence-electron chi connectivity index (χ4n) is 6.16. The van der Waals surface area contributed by atoms with E-state index in [0.29, 0.717) is 47.5 Å². The average molecular weight is 642 g/mol. The summed E-state index contributed by atoms with van der Waals surface area (Å²) >= 11 is 0. The normalized spacial score (nSPS) is 20.5. The summed E-state index contributed by atoms with van der Waals surface area (Å²) < 4.78 is 60.2. The number of ether oxygens (including phenoxy) is 1. The van der Waals surface area contributed by atoms with E-state index < -0.39 is 23.6 Å². The zero-order valence-corrected chi connectivity index (χ0v) is 25.5. The topological polar surface area (TPSA) is 95.1 Å². The first-order valence-corrected chi connectivity index (χ1v) is 15.1. The summed E-state index contributed by atoms with van der Waals surface area (Å²) in [6, 6.07) is 7.94. The molecule has 46 heavy (non-hydrogen) atoms. The number of methoxy groups -OCH3 is 1. The van der Waals surface area contributed by atoms with Crippen LogP contribution in [-0.4, -0.2) is 66.2 Å². The summed E-state index contributed by atoms with van der Waals surface area (Å²) in [5.74, 6) is -0.270. The molecule has 2 saturated heterocycles. The van der Waals surface area contributed by atoms with Crippen molar-refractivity contribution in [3.05, 3.63) is 72.3 Å². The van der Waals surface area contributed by atoms with Gasteiger partial charge in [0, 0.05) is 50.3 Å². The second-order valence-electron chi connectivity index (χ2n) is 11.6. The monoisotopic (exact) mass is 641 g/mol. The SMILES string of the molecule is C=CC(=O)Nc1cc(Nc2cc(N3OCC[C@@H]3c3cc(F)cc(C(F)(F)F)c3)ncn2)c(OC)cc1N1CCN(C2CC2)[C@H](C)C1. The summed E-state index contributed by atoms with van der Waals surface area (Å²) in [5.41, 5.74) is 0.909. The molecule has 1 aliphatic carbocycles. The van der Waals surface area contributed by atoms with Gasteiger partial charge in [-0.25, -0.2) is 19.4 Å². The number of alkyl halides is 3. The van der Waals surface area contributed by atoms with Crippen LogP contribution in [0.15, 0.2) is 55.4 Å². The van der Waals surface area contributed by atoms with Gasteiger partial charge in [0.05, 0.1) is 42.4 Å². The lowest BCUT2D eigenvalue weighted by Gasteiger charge is -2.42. The summed E-state index contributed by atoms with van der Waals surface area (Å²) in [6.45, 7) is 8.48. The predicted octanol–water partition coefficient (Wildman–Crippen LogP) is 6.07. The number of benzene rings is 2. The first-order chi connectivity index (χ1) is 22.0. The van der Waals surface area contributed by atoms with E-state index in [-0.39, 0.29) is 23.9 Å². The molecule has 1 aromatic heterocycles. The van der Waals surface area contributed by atoms with Gasteiger partial charge in [-0.05, 0) is 55.7 Å². The minimum Gasteiger partial charge on any atom is -0.494 e. The molecule has 2 aromatic carbocycles. The molecule has 3 aromatic rings. The molecule has 2 aliphatic heterocycles. The molecule has 2 N–H and O–H groups in total. The Morgan fingerprint density at radius 1 is 1.09 bits per heavy atom. The van der Waals surface area contributed by atoms with Crippen LogP contribution in [0.3, 0.4) is 0 Å². The molecule has 6 rings (SSSR count). The van der Waals surface area contributed by atoms with Crippen molar-refractivity contribution in [2.75, 3.05) is 53.9 Å². The number of nitrogens with zero attached hydrogens (tertiary/aromatic N) is 5. The van der Waals surface area contributed by atoms with Gasteiger partial charge in [-0.3, -0.25) is 14.5 Å². The zero-order valence-electron chi connectivity index (χ0n) is 25.5. The Kier molecular flexibility index (Phi) is 8.75. The molecular formula is C32H35F4N7O3. The number of halogens is 4. The van der Waals surface area contributed by atoms with Crippen LogP contribution in [0.4, 0.5) is 46.3 Å². The van der Waals surface area contributed by atoms with E-state index in [1.807, 2.05) is 6.07 Å². The second kappa shape index (κ2) is 12.8. The van der Waals surface area contributed by atoms with E-state index in [1.54, 1.807) is 19.2 Å². The van der Waals surface area contributed by atoms with Crippen molar-refractivity contribution < 1.29 is 31.9 Å². The standard InChI is InChI=1S/C32H35F4N7O3/c1-4-31(44)40-24-14-25(28(45-3)15-27(24)41-8-9-42(19(2)17-41)23-5-6-23)39-29-16-30(38-18-37-29)43-26(7-10-46-43)20-11-21(32(34,35)36)13-22(33)12-20/h4,11-16,18-19,23,26H,1,5-10,17H2,2-3H3,(H,40,44)(H,37,38,39)/t19-,26-/m1/s1. The molecule has 3 heterocycles. The van der Waals surface area contributed by atoms with Crippen LogP contribution in [0, 0.1) is 5.82 Å². The molecule has 14 heteroatoms. The quantitative estimate of drug-likeness (QED) is 0.213. The molecule has 3 fully saturated rings. The smallest absolute Gasteiger partial charge is 0.416 e. The molecule has 1 amide bonds. The lowest BCUT2D eigenvalue weighted by molar-refractivity contribution is -0.137. The third-order valence-electron chi connectivity index (χ3n) is 8.47. The third kappa shape index (κ3) is 6.72. The highest BCUT2D eigenvalue weighted by Gasteiger charge is 2.37. The Balaban J connectivity index is 1.28. The summed E-state index contributed by atoms with van der Waals surface area (Å²) in [5, 5.41) is 7.49. The van der Waals surface area contributed by atoms with Gasteiger partial charge in [0.25, 0.3) is 0 Å². The second-order valence-corrected chi connectivity index (χ2v) is 11.6. The van der Waals surface area contributed by atoms with E-state index >= 15 is 0 Å². The fourth-order valence-corrected chi connectivity index (χ4v) is 6.16. The van der Waals surface area contributed by atoms with Gasteiger partial charge in [-0.2, -0.15) is 13.2 Å². The Bertz CT molecular complexity index is 1620. The van der Waals surface area contributed by atoms with E-state index in [4.69, 9.17) is 9.57 Å².